The number of esters is 1. The minimum Gasteiger partial charge on any atom is -0.481 e. The van der Waals surface area contributed by atoms with Crippen LogP contribution in [0.15, 0.2) is 12.2 Å². The topological polar surface area (TPSA) is 92.7 Å². The van der Waals surface area contributed by atoms with Crippen LogP contribution < -0.4 is 5.32 Å². The Hall–Kier alpha value is -2.15. The number of carbonyl (C=O) groups is 3. The first-order valence-electron chi connectivity index (χ1n) is 9.96. The second kappa shape index (κ2) is 7.70. The summed E-state index contributed by atoms with van der Waals surface area (Å²) < 4.78 is 4.99. The quantitative estimate of drug-likeness (QED) is 0.455. The molecule has 6 nitrogen and oxygen atoms in total. The van der Waals surface area contributed by atoms with Crippen molar-refractivity contribution in [2.45, 2.75) is 44.9 Å². The van der Waals surface area contributed by atoms with Crippen LogP contribution in [0.1, 0.15) is 52.9 Å². The molecule has 0 unspecified atom stereocenters. The van der Waals surface area contributed by atoms with Crippen molar-refractivity contribution in [2.75, 3.05) is 12.4 Å². The van der Waals surface area contributed by atoms with Crippen LogP contribution in [0.5, 0.6) is 0 Å². The van der Waals surface area contributed by atoms with E-state index in [2.05, 4.69) is 5.32 Å². The molecule has 4 aliphatic rings. The molecular formula is C21H25NO5S. The number of methoxy groups -OCH3 is 1. The van der Waals surface area contributed by atoms with E-state index in [0.29, 0.717) is 10.6 Å². The van der Waals surface area contributed by atoms with Gasteiger partial charge in [-0.3, -0.25) is 9.59 Å². The van der Waals surface area contributed by atoms with Crippen molar-refractivity contribution < 1.29 is 24.2 Å². The maximum Gasteiger partial charge on any atom is 0.341 e. The largest absolute Gasteiger partial charge is 0.481 e. The first kappa shape index (κ1) is 19.2. The third-order valence-corrected chi connectivity index (χ3v) is 7.59. The molecule has 0 aromatic carbocycles. The predicted octanol–water partition coefficient (Wildman–Crippen LogP) is 3.66. The Morgan fingerprint density at radius 1 is 1.07 bits per heavy atom. The van der Waals surface area contributed by atoms with Crippen molar-refractivity contribution >= 4 is 34.2 Å². The Kier molecular flexibility index (Phi) is 5.27. The summed E-state index contributed by atoms with van der Waals surface area (Å²) in [6, 6.07) is 0. The third kappa shape index (κ3) is 3.26. The van der Waals surface area contributed by atoms with Gasteiger partial charge < -0.3 is 15.2 Å². The first-order valence-corrected chi connectivity index (χ1v) is 10.8. The van der Waals surface area contributed by atoms with Crippen molar-refractivity contribution in [3.05, 3.63) is 28.2 Å². The SMILES string of the molecule is COC(=O)c1c(NC(=O)[C@H]2[C@@H](C(=O)O)[C@H]3C=C[C@H]2CC3)sc2c1CCCCC2. The lowest BCUT2D eigenvalue weighted by Crippen LogP contribution is -2.47. The number of ether oxygens (including phenoxy) is 1. The molecule has 7 heteroatoms. The molecule has 1 heterocycles. The van der Waals surface area contributed by atoms with Crippen LogP contribution in [0.25, 0.3) is 0 Å². The molecule has 1 fully saturated rings. The lowest BCUT2D eigenvalue weighted by atomic mass is 9.62. The van der Waals surface area contributed by atoms with Crippen molar-refractivity contribution in [1.29, 1.82) is 0 Å². The maximum absolute atomic E-state index is 13.2. The predicted molar refractivity (Wildman–Crippen MR) is 106 cm³/mol. The number of hydrogen-bond acceptors (Lipinski definition) is 5. The zero-order chi connectivity index (χ0) is 19.8. The van der Waals surface area contributed by atoms with Crippen LogP contribution in [0.3, 0.4) is 0 Å². The summed E-state index contributed by atoms with van der Waals surface area (Å²) in [7, 11) is 1.35. The number of fused-ring (bicyclic) bond motifs is 3. The van der Waals surface area contributed by atoms with Crippen molar-refractivity contribution in [3.63, 3.8) is 0 Å². The van der Waals surface area contributed by atoms with E-state index in [9.17, 15) is 19.5 Å². The Morgan fingerprint density at radius 2 is 1.75 bits per heavy atom. The smallest absolute Gasteiger partial charge is 0.341 e. The molecule has 1 amide bonds. The third-order valence-electron chi connectivity index (χ3n) is 6.38. The number of allylic oxidation sites excluding steroid dienone is 2. The Balaban J connectivity index is 1.65. The Labute approximate surface area is 168 Å². The summed E-state index contributed by atoms with van der Waals surface area (Å²) in [6.45, 7) is 0. The van der Waals surface area contributed by atoms with Crippen LogP contribution in [0.4, 0.5) is 5.00 Å². The fraction of sp³-hybridized carbons (Fsp3) is 0.571. The Bertz CT molecular complexity index is 842. The highest BCUT2D eigenvalue weighted by Crippen LogP contribution is 2.46. The number of carbonyl (C=O) groups excluding carboxylic acids is 2. The van der Waals surface area contributed by atoms with Gasteiger partial charge in [-0.15, -0.1) is 11.3 Å². The molecule has 1 saturated carbocycles. The van der Waals surface area contributed by atoms with Crippen LogP contribution in [0.2, 0.25) is 0 Å². The van der Waals surface area contributed by atoms with Gasteiger partial charge in [0.2, 0.25) is 5.91 Å². The average Bonchev–Trinajstić information content (AvgIpc) is 2.87. The van der Waals surface area contributed by atoms with Gasteiger partial charge in [0, 0.05) is 4.88 Å². The number of thiophene rings is 1. The molecule has 1 aromatic heterocycles. The van der Waals surface area contributed by atoms with Gasteiger partial charge in [-0.2, -0.15) is 0 Å². The zero-order valence-electron chi connectivity index (χ0n) is 15.9. The molecule has 150 valence electrons. The van der Waals surface area contributed by atoms with Crippen molar-refractivity contribution in [3.8, 4) is 0 Å². The fourth-order valence-corrected chi connectivity index (χ4v) is 6.31. The van der Waals surface area contributed by atoms with Crippen LogP contribution in [0, 0.1) is 23.7 Å². The first-order chi connectivity index (χ1) is 13.5. The van der Waals surface area contributed by atoms with E-state index in [1.807, 2.05) is 12.2 Å². The molecule has 0 aliphatic heterocycles. The molecule has 0 radical (unpaired) electrons. The Morgan fingerprint density at radius 3 is 2.39 bits per heavy atom. The second-order valence-corrected chi connectivity index (χ2v) is 9.03. The van der Waals surface area contributed by atoms with Crippen molar-refractivity contribution in [2.24, 2.45) is 23.7 Å². The van der Waals surface area contributed by atoms with Crippen LogP contribution >= 0.6 is 11.3 Å². The number of aliphatic carboxylic acids is 1. The summed E-state index contributed by atoms with van der Waals surface area (Å²) >= 11 is 1.44. The molecule has 4 aliphatic carbocycles. The summed E-state index contributed by atoms with van der Waals surface area (Å²) in [6.07, 6.45) is 10.5. The van der Waals surface area contributed by atoms with Gasteiger partial charge in [0.05, 0.1) is 24.5 Å². The summed E-state index contributed by atoms with van der Waals surface area (Å²) in [5.41, 5.74) is 1.45. The van der Waals surface area contributed by atoms with E-state index in [4.69, 9.17) is 4.74 Å². The standard InChI is InChI=1S/C21H25NO5S/c1-27-21(26)17-13-5-3-2-4-6-14(13)28-19(17)22-18(23)15-11-7-9-12(10-8-11)16(15)20(24)25/h7,9,11-12,15-16H,2-6,8,10H2,1H3,(H,22,23)(H,24,25)/t11-,12-,15+,16-/m0/s1. The van der Waals surface area contributed by atoms with Gasteiger partial charge >= 0.3 is 11.9 Å². The maximum atomic E-state index is 13.2. The highest BCUT2D eigenvalue weighted by atomic mass is 32.1. The number of carboxylic acids is 1. The number of amides is 1. The molecule has 5 rings (SSSR count). The van der Waals surface area contributed by atoms with E-state index in [1.54, 1.807) is 0 Å². The van der Waals surface area contributed by atoms with Gasteiger partial charge in [-0.05, 0) is 55.9 Å². The lowest BCUT2D eigenvalue weighted by Gasteiger charge is -2.41. The monoisotopic (exact) mass is 403 g/mol. The van der Waals surface area contributed by atoms with Gasteiger partial charge in [0.25, 0.3) is 0 Å². The highest BCUT2D eigenvalue weighted by molar-refractivity contribution is 7.17. The summed E-state index contributed by atoms with van der Waals surface area (Å²) in [4.78, 5) is 38.6. The van der Waals surface area contributed by atoms with E-state index in [1.165, 1.54) is 18.4 Å². The normalized spacial score (nSPS) is 28.3. The number of anilines is 1. The summed E-state index contributed by atoms with van der Waals surface area (Å²) in [5.74, 6) is -3.13. The highest BCUT2D eigenvalue weighted by Gasteiger charge is 2.48. The zero-order valence-corrected chi connectivity index (χ0v) is 16.7. The van der Waals surface area contributed by atoms with Crippen LogP contribution in [-0.4, -0.2) is 30.1 Å². The minimum atomic E-state index is -0.922. The van der Waals surface area contributed by atoms with E-state index >= 15 is 0 Å². The number of carboxylic acid groups (broad SMARTS) is 1. The van der Waals surface area contributed by atoms with Gasteiger partial charge in [0.1, 0.15) is 5.00 Å². The van der Waals surface area contributed by atoms with E-state index in [0.717, 1.165) is 55.4 Å². The molecule has 1 aromatic rings. The molecule has 2 N–H and O–H groups in total. The number of aryl methyl sites for hydroxylation is 1. The summed E-state index contributed by atoms with van der Waals surface area (Å²) in [5, 5.41) is 13.1. The van der Waals surface area contributed by atoms with Gasteiger partial charge in [-0.1, -0.05) is 18.6 Å². The van der Waals surface area contributed by atoms with Crippen LogP contribution in [-0.2, 0) is 27.2 Å². The molecule has 28 heavy (non-hydrogen) atoms. The van der Waals surface area contributed by atoms with Gasteiger partial charge in [-0.25, -0.2) is 4.79 Å². The molecule has 0 spiro atoms. The average molecular weight is 404 g/mol. The van der Waals surface area contributed by atoms with E-state index in [-0.39, 0.29) is 17.7 Å². The van der Waals surface area contributed by atoms with E-state index < -0.39 is 23.8 Å². The molecule has 2 bridgehead atoms. The number of nitrogens with one attached hydrogen (secondary N) is 1. The minimum absolute atomic E-state index is 0.0644. The second-order valence-electron chi connectivity index (χ2n) is 7.93. The van der Waals surface area contributed by atoms with Crippen molar-refractivity contribution in [1.82, 2.24) is 0 Å². The molecular weight excluding hydrogens is 378 g/mol. The lowest BCUT2D eigenvalue weighted by molar-refractivity contribution is -0.151. The van der Waals surface area contributed by atoms with Gasteiger partial charge in [0.15, 0.2) is 0 Å². The number of rotatable bonds is 4. The fourth-order valence-electron chi connectivity index (χ4n) is 5.03. The number of hydrogen-bond donors (Lipinski definition) is 2. The molecule has 0 saturated heterocycles. The molecule has 4 atom stereocenters.